The van der Waals surface area contributed by atoms with Crippen molar-refractivity contribution in [2.24, 2.45) is 13.0 Å². The highest BCUT2D eigenvalue weighted by Crippen LogP contribution is 2.32. The van der Waals surface area contributed by atoms with Gasteiger partial charge in [0.2, 0.25) is 0 Å². The van der Waals surface area contributed by atoms with Crippen LogP contribution in [0, 0.1) is 5.92 Å². The van der Waals surface area contributed by atoms with E-state index in [0.29, 0.717) is 24.6 Å². The molecule has 0 bridgehead atoms. The second kappa shape index (κ2) is 6.11. The second-order valence-corrected chi connectivity index (χ2v) is 5.74. The Kier molecular flexibility index (Phi) is 4.44. The molecule has 1 aromatic rings. The molecule has 0 spiro atoms. The van der Waals surface area contributed by atoms with Crippen molar-refractivity contribution in [3.63, 3.8) is 0 Å². The average Bonchev–Trinajstić information content (AvgIpc) is 2.84. The predicted molar refractivity (Wildman–Crippen MR) is 74.4 cm³/mol. The SMILES string of the molecule is CC1CCC(NC(=O)NCc2nncn2C)(C(=O)O)CC1. The molecule has 1 aromatic heterocycles. The molecule has 1 heterocycles. The maximum absolute atomic E-state index is 12.0. The summed E-state index contributed by atoms with van der Waals surface area (Å²) >= 11 is 0. The smallest absolute Gasteiger partial charge is 0.329 e. The van der Waals surface area contributed by atoms with E-state index >= 15 is 0 Å². The fourth-order valence-corrected chi connectivity index (χ4v) is 2.54. The first-order valence-electron chi connectivity index (χ1n) is 7.05. The Morgan fingerprint density at radius 3 is 2.67 bits per heavy atom. The van der Waals surface area contributed by atoms with Crippen LogP contribution in [0.25, 0.3) is 0 Å². The molecule has 1 aliphatic rings. The maximum atomic E-state index is 12.0. The van der Waals surface area contributed by atoms with Crippen LogP contribution >= 0.6 is 0 Å². The number of carbonyl (C=O) groups excluding carboxylic acids is 1. The van der Waals surface area contributed by atoms with Crippen molar-refractivity contribution in [1.29, 1.82) is 0 Å². The van der Waals surface area contributed by atoms with Crippen LogP contribution in [0.1, 0.15) is 38.4 Å². The van der Waals surface area contributed by atoms with Crippen LogP contribution in [0.5, 0.6) is 0 Å². The van der Waals surface area contributed by atoms with Gasteiger partial charge in [0.15, 0.2) is 5.82 Å². The largest absolute Gasteiger partial charge is 0.480 e. The van der Waals surface area contributed by atoms with E-state index in [9.17, 15) is 14.7 Å². The van der Waals surface area contributed by atoms with Crippen LogP contribution in [0.2, 0.25) is 0 Å². The molecule has 0 radical (unpaired) electrons. The summed E-state index contributed by atoms with van der Waals surface area (Å²) in [5, 5.41) is 22.3. The van der Waals surface area contributed by atoms with Crippen molar-refractivity contribution >= 4 is 12.0 Å². The number of amides is 2. The van der Waals surface area contributed by atoms with E-state index in [1.807, 2.05) is 0 Å². The van der Waals surface area contributed by atoms with E-state index in [1.165, 1.54) is 6.33 Å². The zero-order chi connectivity index (χ0) is 15.5. The quantitative estimate of drug-likeness (QED) is 0.755. The van der Waals surface area contributed by atoms with E-state index in [4.69, 9.17) is 0 Å². The third-order valence-corrected chi connectivity index (χ3v) is 4.10. The lowest BCUT2D eigenvalue weighted by molar-refractivity contribution is -0.146. The van der Waals surface area contributed by atoms with Gasteiger partial charge in [-0.3, -0.25) is 0 Å². The summed E-state index contributed by atoms with van der Waals surface area (Å²) in [5.41, 5.74) is -1.16. The van der Waals surface area contributed by atoms with Gasteiger partial charge in [0.25, 0.3) is 0 Å². The second-order valence-electron chi connectivity index (χ2n) is 5.74. The molecule has 8 nitrogen and oxygen atoms in total. The highest BCUT2D eigenvalue weighted by Gasteiger charge is 2.42. The topological polar surface area (TPSA) is 109 Å². The number of rotatable bonds is 4. The van der Waals surface area contributed by atoms with Gasteiger partial charge in [-0.1, -0.05) is 6.92 Å². The molecular formula is C13H21N5O3. The molecule has 0 aliphatic heterocycles. The van der Waals surface area contributed by atoms with Crippen molar-refractivity contribution in [3.05, 3.63) is 12.2 Å². The minimum absolute atomic E-state index is 0.203. The molecule has 1 fully saturated rings. The normalized spacial score (nSPS) is 25.3. The molecule has 3 N–H and O–H groups in total. The number of urea groups is 1. The molecule has 0 unspecified atom stereocenters. The monoisotopic (exact) mass is 295 g/mol. The summed E-state index contributed by atoms with van der Waals surface area (Å²) in [7, 11) is 1.77. The molecule has 0 saturated heterocycles. The summed E-state index contributed by atoms with van der Waals surface area (Å²) in [6.45, 7) is 2.30. The number of aliphatic carboxylic acids is 1. The summed E-state index contributed by atoms with van der Waals surface area (Å²) in [6, 6.07) is -0.491. The lowest BCUT2D eigenvalue weighted by Gasteiger charge is -2.36. The molecule has 21 heavy (non-hydrogen) atoms. The van der Waals surface area contributed by atoms with E-state index in [1.54, 1.807) is 11.6 Å². The molecule has 0 atom stereocenters. The molecule has 2 rings (SSSR count). The minimum atomic E-state index is -1.16. The molecule has 116 valence electrons. The molecule has 0 aromatic carbocycles. The molecule has 1 aliphatic carbocycles. The van der Waals surface area contributed by atoms with Crippen molar-refractivity contribution in [2.75, 3.05) is 0 Å². The Bertz CT molecular complexity index is 520. The number of nitrogens with zero attached hydrogens (tertiary/aromatic N) is 3. The van der Waals surface area contributed by atoms with E-state index in [0.717, 1.165) is 12.8 Å². The fourth-order valence-electron chi connectivity index (χ4n) is 2.54. The third kappa shape index (κ3) is 3.50. The van der Waals surface area contributed by atoms with Crippen LogP contribution < -0.4 is 10.6 Å². The van der Waals surface area contributed by atoms with E-state index < -0.39 is 17.5 Å². The van der Waals surface area contributed by atoms with Crippen LogP contribution in [-0.4, -0.2) is 37.4 Å². The van der Waals surface area contributed by atoms with E-state index in [2.05, 4.69) is 27.8 Å². The number of hydrogen-bond donors (Lipinski definition) is 3. The van der Waals surface area contributed by atoms with Gasteiger partial charge in [-0.2, -0.15) is 0 Å². The number of aryl methyl sites for hydroxylation is 1. The highest BCUT2D eigenvalue weighted by molar-refractivity contribution is 5.86. The van der Waals surface area contributed by atoms with E-state index in [-0.39, 0.29) is 6.54 Å². The highest BCUT2D eigenvalue weighted by atomic mass is 16.4. The molecule has 1 saturated carbocycles. The fraction of sp³-hybridized carbons (Fsp3) is 0.692. The summed E-state index contributed by atoms with van der Waals surface area (Å²) in [4.78, 5) is 23.5. The Labute approximate surface area is 122 Å². The number of carboxylic acid groups (broad SMARTS) is 1. The van der Waals surface area contributed by atoms with Crippen LogP contribution in [0.15, 0.2) is 6.33 Å². The van der Waals surface area contributed by atoms with Crippen molar-refractivity contribution in [3.8, 4) is 0 Å². The van der Waals surface area contributed by atoms with Gasteiger partial charge >= 0.3 is 12.0 Å². The first-order chi connectivity index (χ1) is 9.93. The molecule has 2 amide bonds. The predicted octanol–water partition coefficient (Wildman–Crippen LogP) is 0.648. The zero-order valence-electron chi connectivity index (χ0n) is 12.3. The Morgan fingerprint density at radius 2 is 2.14 bits per heavy atom. The number of aromatic nitrogens is 3. The number of carboxylic acids is 1. The van der Waals surface area contributed by atoms with Gasteiger partial charge in [0.1, 0.15) is 11.9 Å². The van der Waals surface area contributed by atoms with Crippen molar-refractivity contribution < 1.29 is 14.7 Å². The first kappa shape index (κ1) is 15.3. The standard InChI is InChI=1S/C13H21N5O3/c1-9-3-5-13(6-4-9,11(19)20)16-12(21)14-7-10-17-15-8-18(10)2/h8-9H,3-7H2,1-2H3,(H,19,20)(H2,14,16,21). The van der Waals surface area contributed by atoms with Gasteiger partial charge in [0, 0.05) is 7.05 Å². The van der Waals surface area contributed by atoms with Crippen molar-refractivity contribution in [1.82, 2.24) is 25.4 Å². The Hall–Kier alpha value is -2.12. The van der Waals surface area contributed by atoms with Crippen LogP contribution in [-0.2, 0) is 18.4 Å². The average molecular weight is 295 g/mol. The third-order valence-electron chi connectivity index (χ3n) is 4.10. The lowest BCUT2D eigenvalue weighted by Crippen LogP contribution is -2.58. The van der Waals surface area contributed by atoms with Gasteiger partial charge in [-0.05, 0) is 31.6 Å². The summed E-state index contributed by atoms with van der Waals surface area (Å²) in [6.07, 6.45) is 4.06. The van der Waals surface area contributed by atoms with Crippen LogP contribution in [0.3, 0.4) is 0 Å². The van der Waals surface area contributed by atoms with Gasteiger partial charge < -0.3 is 20.3 Å². The van der Waals surface area contributed by atoms with Gasteiger partial charge in [0.05, 0.1) is 6.54 Å². The Balaban J connectivity index is 1.93. The molecular weight excluding hydrogens is 274 g/mol. The zero-order valence-corrected chi connectivity index (χ0v) is 12.3. The maximum Gasteiger partial charge on any atom is 0.329 e. The van der Waals surface area contributed by atoms with Crippen molar-refractivity contribution in [2.45, 2.75) is 44.7 Å². The van der Waals surface area contributed by atoms with Gasteiger partial charge in [-0.15, -0.1) is 10.2 Å². The number of nitrogens with one attached hydrogen (secondary N) is 2. The lowest BCUT2D eigenvalue weighted by atomic mass is 9.77. The molecule has 8 heteroatoms. The summed E-state index contributed by atoms with van der Waals surface area (Å²) < 4.78 is 1.69. The summed E-state index contributed by atoms with van der Waals surface area (Å²) in [5.74, 6) is 0.135. The number of hydrogen-bond acceptors (Lipinski definition) is 4. The van der Waals surface area contributed by atoms with Crippen LogP contribution in [0.4, 0.5) is 4.79 Å². The minimum Gasteiger partial charge on any atom is -0.480 e. The first-order valence-corrected chi connectivity index (χ1v) is 7.05. The number of carbonyl (C=O) groups is 2. The Morgan fingerprint density at radius 1 is 1.48 bits per heavy atom. The van der Waals surface area contributed by atoms with Gasteiger partial charge in [-0.25, -0.2) is 9.59 Å².